The number of benzene rings is 1. The van der Waals surface area contributed by atoms with E-state index in [1.807, 2.05) is 6.92 Å². The topological polar surface area (TPSA) is 50.4 Å². The largest absolute Gasteiger partial charge is 0.378 e. The summed E-state index contributed by atoms with van der Waals surface area (Å²) < 4.78 is 5.21. The maximum atomic E-state index is 12.0. The van der Waals surface area contributed by atoms with E-state index in [9.17, 15) is 4.79 Å². The number of hydrogen-bond acceptors (Lipinski definition) is 3. The second-order valence-electron chi connectivity index (χ2n) is 7.10. The van der Waals surface area contributed by atoms with Crippen molar-refractivity contribution in [1.29, 1.82) is 0 Å². The van der Waals surface area contributed by atoms with Crippen molar-refractivity contribution in [2.24, 2.45) is 0 Å². The first-order chi connectivity index (χ1) is 12.0. The Kier molecular flexibility index (Phi) is 7.68. The van der Waals surface area contributed by atoms with E-state index in [-0.39, 0.29) is 18.6 Å². The van der Waals surface area contributed by atoms with Crippen molar-refractivity contribution in [2.45, 2.75) is 13.0 Å². The maximum absolute atomic E-state index is 12.0. The standard InChI is InChI=1S/C19H32N4O2/c1-5-25-15-19(24)20-14-18(23-12-10-22(4)11-13-23)16-6-8-17(9-7-16)21(2)3/h6-9,18H,5,10-15H2,1-4H3,(H,20,24)/p+2/t18-/m1/s1. The Morgan fingerprint density at radius 1 is 1.20 bits per heavy atom. The van der Waals surface area contributed by atoms with Gasteiger partial charge in [-0.1, -0.05) is 12.1 Å². The van der Waals surface area contributed by atoms with E-state index in [0.29, 0.717) is 13.2 Å². The zero-order chi connectivity index (χ0) is 18.2. The van der Waals surface area contributed by atoms with Crippen molar-refractivity contribution < 1.29 is 19.3 Å². The number of piperazine rings is 1. The average molecular weight is 351 g/mol. The first kappa shape index (κ1) is 19.7. The van der Waals surface area contributed by atoms with Crippen LogP contribution in [0, 0.1) is 0 Å². The van der Waals surface area contributed by atoms with Gasteiger partial charge in [-0.3, -0.25) is 4.79 Å². The lowest BCUT2D eigenvalue weighted by atomic mass is 10.0. The van der Waals surface area contributed by atoms with Gasteiger partial charge in [0.05, 0.1) is 13.6 Å². The van der Waals surface area contributed by atoms with Crippen molar-refractivity contribution in [1.82, 2.24) is 5.32 Å². The van der Waals surface area contributed by atoms with E-state index in [1.54, 1.807) is 9.80 Å². The molecule has 0 aliphatic carbocycles. The number of ether oxygens (including phenoxy) is 1. The summed E-state index contributed by atoms with van der Waals surface area (Å²) in [4.78, 5) is 17.2. The number of nitrogens with one attached hydrogen (secondary N) is 3. The summed E-state index contributed by atoms with van der Waals surface area (Å²) in [7, 11) is 6.35. The SMILES string of the molecule is CCOCC(=O)NC[C@H](c1ccc(N(C)C)cc1)[NH+]1CC[NH+](C)CC1. The van der Waals surface area contributed by atoms with Gasteiger partial charge in [0.2, 0.25) is 5.91 Å². The van der Waals surface area contributed by atoms with Crippen molar-refractivity contribution >= 4 is 11.6 Å². The highest BCUT2D eigenvalue weighted by atomic mass is 16.5. The molecule has 1 aromatic carbocycles. The zero-order valence-electron chi connectivity index (χ0n) is 16.1. The Labute approximate surface area is 151 Å². The van der Waals surface area contributed by atoms with Gasteiger partial charge >= 0.3 is 0 Å². The van der Waals surface area contributed by atoms with Crippen LogP contribution in [0.2, 0.25) is 0 Å². The number of amides is 1. The highest BCUT2D eigenvalue weighted by Crippen LogP contribution is 2.16. The van der Waals surface area contributed by atoms with Crippen LogP contribution >= 0.6 is 0 Å². The highest BCUT2D eigenvalue weighted by Gasteiger charge is 2.29. The Balaban J connectivity index is 2.06. The summed E-state index contributed by atoms with van der Waals surface area (Å²) in [5.41, 5.74) is 2.48. The van der Waals surface area contributed by atoms with E-state index >= 15 is 0 Å². The minimum absolute atomic E-state index is 0.0316. The molecule has 1 saturated heterocycles. The fourth-order valence-electron chi connectivity index (χ4n) is 3.31. The van der Waals surface area contributed by atoms with Crippen molar-refractivity contribution in [2.75, 3.05) is 72.0 Å². The molecule has 3 N–H and O–H groups in total. The van der Waals surface area contributed by atoms with Crippen molar-refractivity contribution in [3.8, 4) is 0 Å². The third kappa shape index (κ3) is 5.99. The molecule has 1 aliphatic heterocycles. The van der Waals surface area contributed by atoms with Crippen LogP contribution in [0.1, 0.15) is 18.5 Å². The third-order valence-corrected chi connectivity index (χ3v) is 4.99. The number of rotatable bonds is 8. The van der Waals surface area contributed by atoms with Gasteiger partial charge in [0.25, 0.3) is 0 Å². The molecule has 6 nitrogen and oxygen atoms in total. The summed E-state index contributed by atoms with van der Waals surface area (Å²) in [6.07, 6.45) is 0. The van der Waals surface area contributed by atoms with E-state index < -0.39 is 0 Å². The van der Waals surface area contributed by atoms with Gasteiger partial charge in [-0.15, -0.1) is 0 Å². The number of quaternary nitrogens is 2. The lowest BCUT2D eigenvalue weighted by molar-refractivity contribution is -1.02. The second kappa shape index (κ2) is 9.75. The van der Waals surface area contributed by atoms with E-state index in [0.717, 1.165) is 13.1 Å². The van der Waals surface area contributed by atoms with Crippen LogP contribution < -0.4 is 20.0 Å². The summed E-state index contributed by atoms with van der Waals surface area (Å²) in [6, 6.07) is 9.01. The third-order valence-electron chi connectivity index (χ3n) is 4.99. The fourth-order valence-corrected chi connectivity index (χ4v) is 3.31. The first-order valence-corrected chi connectivity index (χ1v) is 9.28. The minimum atomic E-state index is -0.0316. The molecular formula is C19H34N4O2+2. The molecule has 1 aliphatic rings. The molecule has 1 fully saturated rings. The molecule has 0 unspecified atom stereocenters. The molecule has 0 spiro atoms. The molecule has 0 radical (unpaired) electrons. The Hall–Kier alpha value is -1.63. The Morgan fingerprint density at radius 2 is 1.84 bits per heavy atom. The van der Waals surface area contributed by atoms with Crippen molar-refractivity contribution in [3.05, 3.63) is 29.8 Å². The van der Waals surface area contributed by atoms with Crippen LogP contribution in [0.25, 0.3) is 0 Å². The predicted octanol–water partition coefficient (Wildman–Crippen LogP) is -1.64. The van der Waals surface area contributed by atoms with Crippen LogP contribution in [0.3, 0.4) is 0 Å². The molecule has 0 bridgehead atoms. The normalized spacial score (nSPS) is 21.6. The van der Waals surface area contributed by atoms with Crippen LogP contribution in [0.4, 0.5) is 5.69 Å². The second-order valence-corrected chi connectivity index (χ2v) is 7.10. The number of hydrogen-bond donors (Lipinski definition) is 3. The Morgan fingerprint density at radius 3 is 2.40 bits per heavy atom. The molecule has 1 aromatic rings. The van der Waals surface area contributed by atoms with Gasteiger partial charge in [-0.25, -0.2) is 0 Å². The molecule has 2 rings (SSSR count). The first-order valence-electron chi connectivity index (χ1n) is 9.28. The fraction of sp³-hybridized carbons (Fsp3) is 0.632. The zero-order valence-corrected chi connectivity index (χ0v) is 16.1. The minimum Gasteiger partial charge on any atom is -0.378 e. The smallest absolute Gasteiger partial charge is 0.246 e. The monoisotopic (exact) mass is 350 g/mol. The number of anilines is 1. The average Bonchev–Trinajstić information content (AvgIpc) is 2.62. The van der Waals surface area contributed by atoms with E-state index in [1.165, 1.54) is 24.3 Å². The number of carbonyl (C=O) groups excluding carboxylic acids is 1. The molecule has 140 valence electrons. The van der Waals surface area contributed by atoms with Crippen LogP contribution in [-0.4, -0.2) is 73.0 Å². The number of nitrogens with zero attached hydrogens (tertiary/aromatic N) is 1. The summed E-state index contributed by atoms with van der Waals surface area (Å²) in [5, 5.41) is 3.06. The predicted molar refractivity (Wildman–Crippen MR) is 100 cm³/mol. The van der Waals surface area contributed by atoms with Gasteiger partial charge in [0.15, 0.2) is 0 Å². The molecule has 0 aromatic heterocycles. The van der Waals surface area contributed by atoms with Gasteiger partial charge in [0, 0.05) is 32.0 Å². The molecule has 1 heterocycles. The Bertz CT molecular complexity index is 525. The molecular weight excluding hydrogens is 316 g/mol. The molecule has 25 heavy (non-hydrogen) atoms. The van der Waals surface area contributed by atoms with Gasteiger partial charge in [0.1, 0.15) is 38.8 Å². The molecule has 1 amide bonds. The van der Waals surface area contributed by atoms with Crippen LogP contribution in [-0.2, 0) is 9.53 Å². The van der Waals surface area contributed by atoms with E-state index in [2.05, 4.69) is 55.6 Å². The quantitative estimate of drug-likeness (QED) is 0.527. The number of carbonyl (C=O) groups is 1. The lowest BCUT2D eigenvalue weighted by Gasteiger charge is -2.33. The number of likely N-dealkylation sites (N-methyl/N-ethyl adjacent to an activating group) is 1. The summed E-state index contributed by atoms with van der Waals surface area (Å²) in [6.45, 7) is 7.88. The van der Waals surface area contributed by atoms with Crippen LogP contribution in [0.5, 0.6) is 0 Å². The van der Waals surface area contributed by atoms with Gasteiger partial charge in [-0.2, -0.15) is 0 Å². The molecule has 1 atom stereocenters. The molecule has 0 saturated carbocycles. The van der Waals surface area contributed by atoms with Crippen molar-refractivity contribution in [3.63, 3.8) is 0 Å². The summed E-state index contributed by atoms with van der Waals surface area (Å²) in [5.74, 6) is -0.0316. The summed E-state index contributed by atoms with van der Waals surface area (Å²) >= 11 is 0. The maximum Gasteiger partial charge on any atom is 0.246 e. The lowest BCUT2D eigenvalue weighted by Crippen LogP contribution is -3.27. The molecule has 6 heteroatoms. The highest BCUT2D eigenvalue weighted by molar-refractivity contribution is 5.77. The van der Waals surface area contributed by atoms with Gasteiger partial charge < -0.3 is 24.8 Å². The van der Waals surface area contributed by atoms with E-state index in [4.69, 9.17) is 4.74 Å². The van der Waals surface area contributed by atoms with Gasteiger partial charge in [-0.05, 0) is 19.1 Å². The van der Waals surface area contributed by atoms with Crippen LogP contribution in [0.15, 0.2) is 24.3 Å².